The number of aldehydes is 1. The van der Waals surface area contributed by atoms with Crippen molar-refractivity contribution in [3.8, 4) is 0 Å². The summed E-state index contributed by atoms with van der Waals surface area (Å²) >= 11 is 0. The van der Waals surface area contributed by atoms with Crippen LogP contribution in [0.2, 0.25) is 0 Å². The summed E-state index contributed by atoms with van der Waals surface area (Å²) in [6, 6.07) is 0. The van der Waals surface area contributed by atoms with Crippen molar-refractivity contribution in [1.82, 2.24) is 10.6 Å². The summed E-state index contributed by atoms with van der Waals surface area (Å²) in [5, 5.41) is 4.78. The fraction of sp³-hybridized carbons (Fsp3) is 0.667. The van der Waals surface area contributed by atoms with Gasteiger partial charge in [-0.2, -0.15) is 0 Å². The molecule has 2 amide bonds. The minimum atomic E-state index is 0. The third-order valence-electron chi connectivity index (χ3n) is 0.704. The van der Waals surface area contributed by atoms with Crippen LogP contribution >= 0.6 is 0 Å². The van der Waals surface area contributed by atoms with Gasteiger partial charge in [-0.25, -0.2) is 0 Å². The molecular weight excluding hydrogens is 184 g/mol. The van der Waals surface area contributed by atoms with Crippen LogP contribution in [0.3, 0.4) is 0 Å². The molecule has 0 bridgehead atoms. The standard InChI is InChI=1S/2C3H7NO.C2H4O.CH4/c2*1-3(5)4-2;1-2-3;/h2*1-2H3,(H,4,5);2H,1H3;1H4. The normalized spacial score (nSPS) is 5.79. The van der Waals surface area contributed by atoms with Crippen molar-refractivity contribution in [2.45, 2.75) is 28.2 Å². The fourth-order valence-corrected chi connectivity index (χ4v) is 0. The summed E-state index contributed by atoms with van der Waals surface area (Å²) in [6.45, 7) is 4.39. The third-order valence-corrected chi connectivity index (χ3v) is 0.704. The number of hydrogen-bond acceptors (Lipinski definition) is 3. The molecule has 0 saturated heterocycles. The molecule has 0 spiro atoms. The topological polar surface area (TPSA) is 75.3 Å². The zero-order chi connectivity index (χ0) is 11.3. The van der Waals surface area contributed by atoms with Gasteiger partial charge in [-0.15, -0.1) is 0 Å². The summed E-state index contributed by atoms with van der Waals surface area (Å²) in [6.07, 6.45) is 0.750. The Morgan fingerprint density at radius 1 is 1.00 bits per heavy atom. The Labute approximate surface area is 86.3 Å². The molecule has 0 aliphatic carbocycles. The van der Waals surface area contributed by atoms with Gasteiger partial charge in [-0.05, 0) is 6.92 Å². The van der Waals surface area contributed by atoms with Crippen LogP contribution < -0.4 is 10.6 Å². The average Bonchev–Trinajstić information content (AvgIpc) is 2.07. The molecular formula is C9H22N2O3. The van der Waals surface area contributed by atoms with E-state index < -0.39 is 0 Å². The summed E-state index contributed by atoms with van der Waals surface area (Å²) in [5.41, 5.74) is 0. The first kappa shape index (κ1) is 22.9. The predicted molar refractivity (Wildman–Crippen MR) is 58.0 cm³/mol. The molecule has 0 aromatic carbocycles. The van der Waals surface area contributed by atoms with Crippen LogP contribution in [0.5, 0.6) is 0 Å². The molecule has 0 atom stereocenters. The van der Waals surface area contributed by atoms with Crippen molar-refractivity contribution in [2.24, 2.45) is 0 Å². The Morgan fingerprint density at radius 2 is 1.07 bits per heavy atom. The van der Waals surface area contributed by atoms with Crippen molar-refractivity contribution in [1.29, 1.82) is 0 Å². The molecule has 0 aromatic heterocycles. The number of carbonyl (C=O) groups is 3. The first-order valence-electron chi connectivity index (χ1n) is 3.72. The Hall–Kier alpha value is -1.39. The van der Waals surface area contributed by atoms with E-state index in [-0.39, 0.29) is 19.2 Å². The van der Waals surface area contributed by atoms with Gasteiger partial charge in [0.2, 0.25) is 11.8 Å². The number of nitrogens with one attached hydrogen (secondary N) is 2. The van der Waals surface area contributed by atoms with Crippen LogP contribution in [-0.2, 0) is 14.4 Å². The Balaban J connectivity index is -0.0000000535. The molecule has 0 heterocycles. The molecule has 0 rings (SSSR count). The summed E-state index contributed by atoms with van der Waals surface area (Å²) in [5.74, 6) is 0.00926. The second-order valence-electron chi connectivity index (χ2n) is 1.85. The van der Waals surface area contributed by atoms with Crippen LogP contribution in [0.4, 0.5) is 0 Å². The second kappa shape index (κ2) is 22.6. The van der Waals surface area contributed by atoms with E-state index in [0.29, 0.717) is 0 Å². The van der Waals surface area contributed by atoms with Gasteiger partial charge < -0.3 is 15.4 Å². The van der Waals surface area contributed by atoms with Crippen molar-refractivity contribution in [2.75, 3.05) is 14.1 Å². The van der Waals surface area contributed by atoms with Gasteiger partial charge in [0.05, 0.1) is 0 Å². The molecule has 0 fully saturated rings. The van der Waals surface area contributed by atoms with Gasteiger partial charge in [0.15, 0.2) is 0 Å². The maximum atomic E-state index is 9.70. The molecule has 0 unspecified atom stereocenters. The minimum absolute atomic E-state index is 0. The summed E-state index contributed by atoms with van der Waals surface area (Å²) in [7, 11) is 3.20. The first-order chi connectivity index (χ1) is 5.95. The Bertz CT molecular complexity index is 133. The van der Waals surface area contributed by atoms with Crippen molar-refractivity contribution >= 4 is 18.1 Å². The van der Waals surface area contributed by atoms with Crippen LogP contribution in [0, 0.1) is 0 Å². The molecule has 0 saturated carbocycles. The molecule has 2 N–H and O–H groups in total. The zero-order valence-electron chi connectivity index (χ0n) is 8.80. The van der Waals surface area contributed by atoms with Crippen LogP contribution in [0.15, 0.2) is 0 Å². The Kier molecular flexibility index (Phi) is 37.0. The number of hydrogen-bond donors (Lipinski definition) is 2. The average molecular weight is 206 g/mol. The summed E-state index contributed by atoms with van der Waals surface area (Å²) in [4.78, 5) is 28.2. The van der Waals surface area contributed by atoms with Gasteiger partial charge in [0.1, 0.15) is 6.29 Å². The number of rotatable bonds is 0. The van der Waals surface area contributed by atoms with E-state index >= 15 is 0 Å². The molecule has 5 heteroatoms. The quantitative estimate of drug-likeness (QED) is 0.561. The lowest BCUT2D eigenvalue weighted by molar-refractivity contribution is -0.119. The lowest BCUT2D eigenvalue weighted by atomic mass is 10.7. The number of carbonyl (C=O) groups excluding carboxylic acids is 3. The van der Waals surface area contributed by atoms with Crippen LogP contribution in [0.1, 0.15) is 28.2 Å². The van der Waals surface area contributed by atoms with E-state index in [1.807, 2.05) is 0 Å². The maximum absolute atomic E-state index is 9.70. The molecule has 0 radical (unpaired) electrons. The fourth-order valence-electron chi connectivity index (χ4n) is 0. The minimum Gasteiger partial charge on any atom is -0.359 e. The highest BCUT2D eigenvalue weighted by Gasteiger charge is 1.73. The molecule has 0 aliphatic heterocycles. The highest BCUT2D eigenvalue weighted by Crippen LogP contribution is 1.45. The van der Waals surface area contributed by atoms with Crippen LogP contribution in [0.25, 0.3) is 0 Å². The van der Waals surface area contributed by atoms with Crippen molar-refractivity contribution in [3.63, 3.8) is 0 Å². The van der Waals surface area contributed by atoms with E-state index in [2.05, 4.69) is 10.6 Å². The lowest BCUT2D eigenvalue weighted by Crippen LogP contribution is -2.11. The van der Waals surface area contributed by atoms with Crippen molar-refractivity contribution in [3.05, 3.63) is 0 Å². The highest BCUT2D eigenvalue weighted by atomic mass is 16.1. The van der Waals surface area contributed by atoms with Gasteiger partial charge in [0, 0.05) is 27.9 Å². The molecule has 0 aromatic rings. The molecule has 0 aliphatic rings. The Morgan fingerprint density at radius 3 is 1.07 bits per heavy atom. The smallest absolute Gasteiger partial charge is 0.216 e. The molecule has 86 valence electrons. The zero-order valence-corrected chi connectivity index (χ0v) is 8.80. The summed E-state index contributed by atoms with van der Waals surface area (Å²) < 4.78 is 0. The van der Waals surface area contributed by atoms with Gasteiger partial charge in [-0.3, -0.25) is 9.59 Å². The van der Waals surface area contributed by atoms with E-state index in [1.165, 1.54) is 20.8 Å². The van der Waals surface area contributed by atoms with Gasteiger partial charge >= 0.3 is 0 Å². The largest absolute Gasteiger partial charge is 0.359 e. The maximum Gasteiger partial charge on any atom is 0.216 e. The second-order valence-corrected chi connectivity index (χ2v) is 1.85. The van der Waals surface area contributed by atoms with E-state index in [4.69, 9.17) is 4.79 Å². The highest BCUT2D eigenvalue weighted by molar-refractivity contribution is 5.72. The SMILES string of the molecule is C.CC=O.CNC(C)=O.CNC(C)=O. The van der Waals surface area contributed by atoms with Crippen molar-refractivity contribution < 1.29 is 14.4 Å². The van der Waals surface area contributed by atoms with E-state index in [0.717, 1.165) is 6.29 Å². The predicted octanol–water partition coefficient (Wildman–Crippen LogP) is 0.346. The molecule has 14 heavy (non-hydrogen) atoms. The van der Waals surface area contributed by atoms with Crippen LogP contribution in [-0.4, -0.2) is 32.2 Å². The molecule has 5 nitrogen and oxygen atoms in total. The third kappa shape index (κ3) is 144. The van der Waals surface area contributed by atoms with E-state index in [9.17, 15) is 9.59 Å². The van der Waals surface area contributed by atoms with E-state index in [1.54, 1.807) is 14.1 Å². The van der Waals surface area contributed by atoms with Gasteiger partial charge in [-0.1, -0.05) is 7.43 Å². The van der Waals surface area contributed by atoms with Gasteiger partial charge in [0.25, 0.3) is 0 Å². The lowest BCUT2D eigenvalue weighted by Gasteiger charge is -1.80. The number of amides is 2. The monoisotopic (exact) mass is 206 g/mol. The first-order valence-corrected chi connectivity index (χ1v) is 3.72.